The predicted octanol–water partition coefficient (Wildman–Crippen LogP) is 0.434. The van der Waals surface area contributed by atoms with Crippen molar-refractivity contribution in [2.75, 3.05) is 0 Å². The number of aromatic carboxylic acids is 2. The number of nitrogens with zero attached hydrogens (tertiary/aromatic N) is 3. The minimum Gasteiger partial charge on any atom is -0.478 e. The third-order valence-electron chi connectivity index (χ3n) is 2.17. The third kappa shape index (κ3) is 1.29. The van der Waals surface area contributed by atoms with Gasteiger partial charge in [0.2, 0.25) is 0 Å². The van der Waals surface area contributed by atoms with Crippen LogP contribution in [-0.2, 0) is 0 Å². The smallest absolute Gasteiger partial charge is 0.356 e. The third-order valence-corrected chi connectivity index (χ3v) is 2.17. The highest BCUT2D eigenvalue weighted by Gasteiger charge is 2.20. The van der Waals surface area contributed by atoms with Crippen molar-refractivity contribution in [1.29, 1.82) is 0 Å². The molecule has 0 spiro atoms. The van der Waals surface area contributed by atoms with Gasteiger partial charge in [-0.25, -0.2) is 19.1 Å². The number of aromatic nitrogens is 3. The lowest BCUT2D eigenvalue weighted by Gasteiger charge is -1.99. The number of rotatable bonds is 2. The molecule has 0 amide bonds. The van der Waals surface area contributed by atoms with Gasteiger partial charge in [0.15, 0.2) is 5.69 Å². The summed E-state index contributed by atoms with van der Waals surface area (Å²) in [6.45, 7) is 1.64. The number of carboxylic acids is 2. The molecule has 0 aliphatic rings. The Kier molecular flexibility index (Phi) is 2.08. The summed E-state index contributed by atoms with van der Waals surface area (Å²) >= 11 is 0. The zero-order chi connectivity index (χ0) is 11.9. The van der Waals surface area contributed by atoms with Gasteiger partial charge in [-0.05, 0) is 13.0 Å². The standard InChI is InChI=1S/C9H7N3O4/c1-4-2-5(8(13)14)7-6(9(15)16)10-3-11-12(4)7/h2-3H,1H3,(H,13,14)(H,15,16). The summed E-state index contributed by atoms with van der Waals surface area (Å²) < 4.78 is 1.25. The molecule has 0 aliphatic heterocycles. The number of carbonyl (C=O) groups is 2. The van der Waals surface area contributed by atoms with Gasteiger partial charge in [0, 0.05) is 5.69 Å². The van der Waals surface area contributed by atoms with E-state index in [1.54, 1.807) is 6.92 Å². The molecule has 7 heteroatoms. The fourth-order valence-electron chi connectivity index (χ4n) is 1.52. The second-order valence-electron chi connectivity index (χ2n) is 3.18. The Balaban J connectivity index is 2.93. The molecule has 0 bridgehead atoms. The number of hydrogen-bond donors (Lipinski definition) is 2. The number of aryl methyl sites for hydroxylation is 1. The average Bonchev–Trinajstić information content (AvgIpc) is 2.56. The van der Waals surface area contributed by atoms with Gasteiger partial charge in [-0.1, -0.05) is 0 Å². The van der Waals surface area contributed by atoms with Gasteiger partial charge in [-0.3, -0.25) is 0 Å². The quantitative estimate of drug-likeness (QED) is 0.762. The van der Waals surface area contributed by atoms with Crippen LogP contribution in [0.4, 0.5) is 0 Å². The molecule has 2 N–H and O–H groups in total. The summed E-state index contributed by atoms with van der Waals surface area (Å²) in [7, 11) is 0. The van der Waals surface area contributed by atoms with Crippen molar-refractivity contribution in [2.24, 2.45) is 0 Å². The highest BCUT2D eigenvalue weighted by atomic mass is 16.4. The Morgan fingerprint density at radius 2 is 2.00 bits per heavy atom. The van der Waals surface area contributed by atoms with Crippen LogP contribution in [0.15, 0.2) is 12.4 Å². The van der Waals surface area contributed by atoms with Crippen LogP contribution in [0.5, 0.6) is 0 Å². The number of carboxylic acid groups (broad SMARTS) is 2. The fourth-order valence-corrected chi connectivity index (χ4v) is 1.52. The minimum atomic E-state index is -1.28. The normalized spacial score (nSPS) is 10.6. The average molecular weight is 221 g/mol. The van der Waals surface area contributed by atoms with Gasteiger partial charge < -0.3 is 10.2 Å². The molecule has 0 radical (unpaired) electrons. The van der Waals surface area contributed by atoms with E-state index >= 15 is 0 Å². The summed E-state index contributed by atoms with van der Waals surface area (Å²) in [5.41, 5.74) is 0.105. The summed E-state index contributed by atoms with van der Waals surface area (Å²) in [4.78, 5) is 25.4. The van der Waals surface area contributed by atoms with Crippen LogP contribution in [-0.4, -0.2) is 36.7 Å². The van der Waals surface area contributed by atoms with Gasteiger partial charge >= 0.3 is 11.9 Å². The van der Waals surface area contributed by atoms with E-state index < -0.39 is 11.9 Å². The molecule has 2 rings (SSSR count). The van der Waals surface area contributed by atoms with E-state index in [4.69, 9.17) is 10.2 Å². The topological polar surface area (TPSA) is 105 Å². The second kappa shape index (κ2) is 3.30. The molecule has 16 heavy (non-hydrogen) atoms. The van der Waals surface area contributed by atoms with Crippen LogP contribution < -0.4 is 0 Å². The van der Waals surface area contributed by atoms with E-state index in [1.165, 1.54) is 10.6 Å². The zero-order valence-corrected chi connectivity index (χ0v) is 8.21. The summed E-state index contributed by atoms with van der Waals surface area (Å²) in [5.74, 6) is -2.49. The highest BCUT2D eigenvalue weighted by molar-refractivity contribution is 6.03. The molecular formula is C9H7N3O4. The Morgan fingerprint density at radius 3 is 2.56 bits per heavy atom. The van der Waals surface area contributed by atoms with Crippen LogP contribution in [0.1, 0.15) is 26.5 Å². The summed E-state index contributed by atoms with van der Waals surface area (Å²) in [6, 6.07) is 1.36. The van der Waals surface area contributed by atoms with E-state index in [0.717, 1.165) is 6.33 Å². The van der Waals surface area contributed by atoms with Gasteiger partial charge in [0.1, 0.15) is 11.8 Å². The Bertz CT molecular complexity index is 602. The molecule has 7 nitrogen and oxygen atoms in total. The van der Waals surface area contributed by atoms with Crippen LogP contribution >= 0.6 is 0 Å². The molecule has 0 fully saturated rings. The molecule has 82 valence electrons. The van der Waals surface area contributed by atoms with Crippen molar-refractivity contribution in [1.82, 2.24) is 14.6 Å². The first-order chi connectivity index (χ1) is 7.52. The van der Waals surface area contributed by atoms with E-state index in [2.05, 4.69) is 10.1 Å². The van der Waals surface area contributed by atoms with E-state index in [1.807, 2.05) is 0 Å². The first kappa shape index (κ1) is 10.1. The van der Waals surface area contributed by atoms with Crippen LogP contribution in [0.3, 0.4) is 0 Å². The molecule has 0 saturated heterocycles. The molecule has 0 aliphatic carbocycles. The van der Waals surface area contributed by atoms with Crippen molar-refractivity contribution in [3.05, 3.63) is 29.3 Å². The molecule has 2 aromatic heterocycles. The molecule has 0 aromatic carbocycles. The van der Waals surface area contributed by atoms with Gasteiger partial charge in [-0.15, -0.1) is 0 Å². The minimum absolute atomic E-state index is 0.000000000000000444. The van der Waals surface area contributed by atoms with Crippen molar-refractivity contribution in [2.45, 2.75) is 6.92 Å². The monoisotopic (exact) mass is 221 g/mol. The first-order valence-electron chi connectivity index (χ1n) is 4.32. The number of hydrogen-bond acceptors (Lipinski definition) is 4. The maximum atomic E-state index is 10.9. The van der Waals surface area contributed by atoms with Crippen molar-refractivity contribution in [3.8, 4) is 0 Å². The predicted molar refractivity (Wildman–Crippen MR) is 51.6 cm³/mol. The Morgan fingerprint density at radius 1 is 1.31 bits per heavy atom. The Hall–Kier alpha value is -2.44. The molecule has 0 saturated carbocycles. The maximum absolute atomic E-state index is 10.9. The van der Waals surface area contributed by atoms with Crippen molar-refractivity contribution < 1.29 is 19.8 Å². The van der Waals surface area contributed by atoms with Crippen LogP contribution in [0, 0.1) is 6.92 Å². The van der Waals surface area contributed by atoms with Gasteiger partial charge in [0.05, 0.1) is 5.56 Å². The van der Waals surface area contributed by atoms with E-state index in [0.29, 0.717) is 5.69 Å². The molecule has 0 unspecified atom stereocenters. The zero-order valence-electron chi connectivity index (χ0n) is 8.21. The highest BCUT2D eigenvalue weighted by Crippen LogP contribution is 2.18. The van der Waals surface area contributed by atoms with Gasteiger partial charge in [0.25, 0.3) is 0 Å². The number of fused-ring (bicyclic) bond motifs is 1. The molecule has 2 heterocycles. The summed E-state index contributed by atoms with van der Waals surface area (Å²) in [6.07, 6.45) is 1.08. The maximum Gasteiger partial charge on any atom is 0.356 e. The first-order valence-corrected chi connectivity index (χ1v) is 4.32. The summed E-state index contributed by atoms with van der Waals surface area (Å²) in [5, 5.41) is 21.6. The molecule has 2 aromatic rings. The SMILES string of the molecule is Cc1cc(C(=O)O)c2c(C(=O)O)ncnn12. The second-order valence-corrected chi connectivity index (χ2v) is 3.18. The lowest BCUT2D eigenvalue weighted by molar-refractivity contribution is 0.0691. The van der Waals surface area contributed by atoms with Crippen molar-refractivity contribution >= 4 is 17.5 Å². The molecular weight excluding hydrogens is 214 g/mol. The largest absolute Gasteiger partial charge is 0.478 e. The molecule has 0 atom stereocenters. The fraction of sp³-hybridized carbons (Fsp3) is 0.111. The van der Waals surface area contributed by atoms with Gasteiger partial charge in [-0.2, -0.15) is 5.10 Å². The lowest BCUT2D eigenvalue weighted by Crippen LogP contribution is -2.08. The van der Waals surface area contributed by atoms with Crippen LogP contribution in [0.2, 0.25) is 0 Å². The van der Waals surface area contributed by atoms with E-state index in [-0.39, 0.29) is 16.8 Å². The Labute approximate surface area is 89.0 Å². The van der Waals surface area contributed by atoms with Crippen molar-refractivity contribution in [3.63, 3.8) is 0 Å². The van der Waals surface area contributed by atoms with E-state index in [9.17, 15) is 9.59 Å². The van der Waals surface area contributed by atoms with Crippen LogP contribution in [0.25, 0.3) is 5.52 Å². The lowest BCUT2D eigenvalue weighted by atomic mass is 10.2.